The highest BCUT2D eigenvalue weighted by atomic mass is 79.9. The Hall–Kier alpha value is -1.20. The van der Waals surface area contributed by atoms with Gasteiger partial charge in [0.05, 0.1) is 12.1 Å². The van der Waals surface area contributed by atoms with Crippen LogP contribution in [-0.2, 0) is 0 Å². The third-order valence-corrected chi connectivity index (χ3v) is 4.82. The van der Waals surface area contributed by atoms with Gasteiger partial charge in [0.2, 0.25) is 0 Å². The molecular weight excluding hydrogens is 323 g/mol. The van der Waals surface area contributed by atoms with E-state index in [1.54, 1.807) is 6.20 Å². The van der Waals surface area contributed by atoms with Crippen molar-refractivity contribution in [1.29, 1.82) is 0 Å². The van der Waals surface area contributed by atoms with E-state index in [4.69, 9.17) is 0 Å². The normalized spacial score (nSPS) is 17.3. The molecule has 1 N–H and O–H groups in total. The van der Waals surface area contributed by atoms with Gasteiger partial charge in [-0.15, -0.1) is 0 Å². The predicted octanol–water partition coefficient (Wildman–Crippen LogP) is 3.35. The molecule has 20 heavy (non-hydrogen) atoms. The van der Waals surface area contributed by atoms with Crippen LogP contribution in [0.15, 0.2) is 28.9 Å². The number of aliphatic hydroxyl groups excluding tert-OH is 1. The summed E-state index contributed by atoms with van der Waals surface area (Å²) in [5, 5.41) is 10.3. The fourth-order valence-corrected chi connectivity index (χ4v) is 3.34. The Kier molecular flexibility index (Phi) is 3.42. The first-order valence-corrected chi connectivity index (χ1v) is 7.47. The lowest BCUT2D eigenvalue weighted by atomic mass is 9.78. The molecule has 106 valence electrons. The minimum absolute atomic E-state index is 0.0137. The molecule has 1 aromatic heterocycles. The molecule has 1 aliphatic heterocycles. The summed E-state index contributed by atoms with van der Waals surface area (Å²) in [5.74, 6) is -0.275. The zero-order valence-corrected chi connectivity index (χ0v) is 12.8. The molecule has 1 aromatic carbocycles. The zero-order valence-electron chi connectivity index (χ0n) is 11.2. The number of halogens is 2. The number of rotatable bonds is 3. The van der Waals surface area contributed by atoms with Gasteiger partial charge in [-0.2, -0.15) is 0 Å². The maximum absolute atomic E-state index is 13.6. The second kappa shape index (κ2) is 4.97. The molecule has 2 aromatic rings. The molecule has 0 spiro atoms. The van der Waals surface area contributed by atoms with E-state index in [9.17, 15) is 9.50 Å². The highest BCUT2D eigenvalue weighted by molar-refractivity contribution is 9.10. The molecule has 0 saturated carbocycles. The Labute approximate surface area is 125 Å². The molecule has 1 fully saturated rings. The summed E-state index contributed by atoms with van der Waals surface area (Å²) in [5.41, 5.74) is 1.73. The smallest absolute Gasteiger partial charge is 0.125 e. The number of pyridine rings is 1. The van der Waals surface area contributed by atoms with E-state index in [-0.39, 0.29) is 17.8 Å². The lowest BCUT2D eigenvalue weighted by Gasteiger charge is -2.50. The highest BCUT2D eigenvalue weighted by Gasteiger charge is 2.41. The van der Waals surface area contributed by atoms with Crippen molar-refractivity contribution in [3.8, 4) is 0 Å². The molecule has 3 rings (SSSR count). The van der Waals surface area contributed by atoms with Crippen LogP contribution < -0.4 is 4.90 Å². The second-order valence-corrected chi connectivity index (χ2v) is 6.34. The average molecular weight is 339 g/mol. The van der Waals surface area contributed by atoms with Crippen molar-refractivity contribution >= 4 is 32.5 Å². The van der Waals surface area contributed by atoms with E-state index in [2.05, 4.69) is 32.7 Å². The van der Waals surface area contributed by atoms with Crippen LogP contribution in [0.5, 0.6) is 0 Å². The number of fused-ring (bicyclic) bond motifs is 1. The van der Waals surface area contributed by atoms with Crippen molar-refractivity contribution in [1.82, 2.24) is 4.98 Å². The molecule has 2 heterocycles. The number of hydrogen-bond acceptors (Lipinski definition) is 3. The van der Waals surface area contributed by atoms with E-state index in [1.165, 1.54) is 12.1 Å². The molecule has 1 aliphatic rings. The Bertz CT molecular complexity index is 650. The van der Waals surface area contributed by atoms with Gasteiger partial charge in [-0.3, -0.25) is 4.98 Å². The van der Waals surface area contributed by atoms with Crippen LogP contribution in [0, 0.1) is 11.2 Å². The highest BCUT2D eigenvalue weighted by Crippen LogP contribution is 2.40. The number of benzene rings is 1. The van der Waals surface area contributed by atoms with Gasteiger partial charge in [0.15, 0.2) is 0 Å². The van der Waals surface area contributed by atoms with Crippen LogP contribution in [0.4, 0.5) is 10.1 Å². The van der Waals surface area contributed by atoms with Crippen molar-refractivity contribution in [2.45, 2.75) is 13.3 Å². The lowest BCUT2D eigenvalue weighted by molar-refractivity contribution is 0.0885. The first-order valence-electron chi connectivity index (χ1n) is 6.68. The molecular formula is C15H16BrFN2O. The van der Waals surface area contributed by atoms with E-state index in [1.807, 2.05) is 6.07 Å². The Morgan fingerprint density at radius 3 is 2.85 bits per heavy atom. The van der Waals surface area contributed by atoms with Crippen molar-refractivity contribution in [3.05, 3.63) is 34.7 Å². The summed E-state index contributed by atoms with van der Waals surface area (Å²) >= 11 is 3.36. The Morgan fingerprint density at radius 1 is 1.45 bits per heavy atom. The molecule has 0 radical (unpaired) electrons. The molecule has 0 unspecified atom stereocenters. The summed E-state index contributed by atoms with van der Waals surface area (Å²) < 4.78 is 14.3. The minimum Gasteiger partial charge on any atom is -0.396 e. The standard InChI is InChI=1S/C15H16BrFN2O/c1-2-15(9-20)7-19(8-15)13-3-4-18-14-11(13)5-10(17)6-12(14)16/h3-6,20H,2,7-9H2,1H3. The maximum Gasteiger partial charge on any atom is 0.125 e. The van der Waals surface area contributed by atoms with E-state index < -0.39 is 0 Å². The first-order chi connectivity index (χ1) is 9.58. The fourth-order valence-electron chi connectivity index (χ4n) is 2.81. The molecule has 1 saturated heterocycles. The van der Waals surface area contributed by atoms with Crippen LogP contribution in [0.2, 0.25) is 0 Å². The Balaban J connectivity index is 2.02. The van der Waals surface area contributed by atoms with Gasteiger partial charge < -0.3 is 10.0 Å². The second-order valence-electron chi connectivity index (χ2n) is 5.48. The molecule has 3 nitrogen and oxygen atoms in total. The predicted molar refractivity (Wildman–Crippen MR) is 81.4 cm³/mol. The van der Waals surface area contributed by atoms with Gasteiger partial charge >= 0.3 is 0 Å². The average Bonchev–Trinajstić information content (AvgIpc) is 2.39. The van der Waals surface area contributed by atoms with E-state index in [0.29, 0.717) is 4.47 Å². The monoisotopic (exact) mass is 338 g/mol. The summed E-state index contributed by atoms with van der Waals surface area (Å²) in [4.78, 5) is 6.49. The maximum atomic E-state index is 13.6. The quantitative estimate of drug-likeness (QED) is 0.932. The largest absolute Gasteiger partial charge is 0.396 e. The molecule has 0 amide bonds. The third kappa shape index (κ3) is 2.09. The Morgan fingerprint density at radius 2 is 2.20 bits per heavy atom. The zero-order chi connectivity index (χ0) is 14.3. The van der Waals surface area contributed by atoms with Crippen LogP contribution >= 0.6 is 15.9 Å². The summed E-state index contributed by atoms with van der Waals surface area (Å²) in [6, 6.07) is 4.86. The summed E-state index contributed by atoms with van der Waals surface area (Å²) in [6.07, 6.45) is 2.69. The van der Waals surface area contributed by atoms with Crippen LogP contribution in [0.1, 0.15) is 13.3 Å². The van der Waals surface area contributed by atoms with Gasteiger partial charge in [-0.1, -0.05) is 6.92 Å². The molecule has 0 aliphatic carbocycles. The third-order valence-electron chi connectivity index (χ3n) is 4.22. The minimum atomic E-state index is -0.275. The van der Waals surface area contributed by atoms with Gasteiger partial charge in [0.25, 0.3) is 0 Å². The van der Waals surface area contributed by atoms with Gasteiger partial charge in [-0.25, -0.2) is 4.39 Å². The number of hydrogen-bond donors (Lipinski definition) is 1. The summed E-state index contributed by atoms with van der Waals surface area (Å²) in [7, 11) is 0. The van der Waals surface area contributed by atoms with Crippen molar-refractivity contribution in [2.24, 2.45) is 5.41 Å². The van der Waals surface area contributed by atoms with Gasteiger partial charge in [0, 0.05) is 40.2 Å². The number of anilines is 1. The molecule has 0 atom stereocenters. The molecule has 0 bridgehead atoms. The van der Waals surface area contributed by atoms with E-state index >= 15 is 0 Å². The van der Waals surface area contributed by atoms with Crippen LogP contribution in [0.25, 0.3) is 10.9 Å². The number of aromatic nitrogens is 1. The van der Waals surface area contributed by atoms with Gasteiger partial charge in [0.1, 0.15) is 5.82 Å². The van der Waals surface area contributed by atoms with Crippen molar-refractivity contribution < 1.29 is 9.50 Å². The first kappa shape index (κ1) is 13.8. The van der Waals surface area contributed by atoms with Crippen LogP contribution in [-0.4, -0.2) is 29.8 Å². The topological polar surface area (TPSA) is 36.4 Å². The number of nitrogens with zero attached hydrogens (tertiary/aromatic N) is 2. The number of aliphatic hydroxyl groups is 1. The van der Waals surface area contributed by atoms with Gasteiger partial charge in [-0.05, 0) is 40.5 Å². The van der Waals surface area contributed by atoms with E-state index in [0.717, 1.165) is 36.1 Å². The van der Waals surface area contributed by atoms with Crippen molar-refractivity contribution in [3.63, 3.8) is 0 Å². The lowest BCUT2D eigenvalue weighted by Crippen LogP contribution is -2.58. The van der Waals surface area contributed by atoms with Crippen LogP contribution in [0.3, 0.4) is 0 Å². The molecule has 5 heteroatoms. The fraction of sp³-hybridized carbons (Fsp3) is 0.400. The SMILES string of the molecule is CCC1(CO)CN(c2ccnc3c(Br)cc(F)cc23)C1. The summed E-state index contributed by atoms with van der Waals surface area (Å²) in [6.45, 7) is 3.88. The van der Waals surface area contributed by atoms with Crippen molar-refractivity contribution in [2.75, 3.05) is 24.6 Å².